The molecular formula is C24H26N6O3. The zero-order chi connectivity index (χ0) is 23.3. The fraction of sp³-hybridized carbons (Fsp3) is 0.375. The summed E-state index contributed by atoms with van der Waals surface area (Å²) in [6.45, 7) is 6.65. The van der Waals surface area contributed by atoms with Crippen LogP contribution in [0.3, 0.4) is 0 Å². The van der Waals surface area contributed by atoms with Gasteiger partial charge in [-0.25, -0.2) is 14.6 Å². The normalized spacial score (nSPS) is 17.5. The molecular weight excluding hydrogens is 420 g/mol. The van der Waals surface area contributed by atoms with Gasteiger partial charge in [-0.05, 0) is 39.7 Å². The van der Waals surface area contributed by atoms with Crippen molar-refractivity contribution in [1.29, 1.82) is 0 Å². The van der Waals surface area contributed by atoms with Gasteiger partial charge in [0.25, 0.3) is 11.1 Å². The van der Waals surface area contributed by atoms with E-state index in [1.54, 1.807) is 19.1 Å². The van der Waals surface area contributed by atoms with E-state index < -0.39 is 5.92 Å². The van der Waals surface area contributed by atoms with Crippen molar-refractivity contribution in [3.05, 3.63) is 73.7 Å². The molecule has 0 bridgehead atoms. The summed E-state index contributed by atoms with van der Waals surface area (Å²) >= 11 is 0. The van der Waals surface area contributed by atoms with Crippen LogP contribution >= 0.6 is 0 Å². The number of aromatic amines is 2. The average molecular weight is 447 g/mol. The van der Waals surface area contributed by atoms with Crippen molar-refractivity contribution in [1.82, 2.24) is 29.7 Å². The predicted molar refractivity (Wildman–Crippen MR) is 125 cm³/mol. The van der Waals surface area contributed by atoms with Crippen molar-refractivity contribution in [2.45, 2.75) is 45.4 Å². The third-order valence-corrected chi connectivity index (χ3v) is 6.78. The number of carbonyl (C=O) groups is 1. The van der Waals surface area contributed by atoms with Crippen molar-refractivity contribution in [3.63, 3.8) is 0 Å². The lowest BCUT2D eigenvalue weighted by Gasteiger charge is -2.34. The molecule has 3 aromatic heterocycles. The molecule has 4 heterocycles. The summed E-state index contributed by atoms with van der Waals surface area (Å²) < 4.78 is 1.48. The topological polar surface area (TPSA) is 116 Å². The Balaban J connectivity index is 1.42. The van der Waals surface area contributed by atoms with Gasteiger partial charge in [0.2, 0.25) is 5.91 Å². The van der Waals surface area contributed by atoms with Gasteiger partial charge in [-0.2, -0.15) is 5.10 Å². The highest BCUT2D eigenvalue weighted by molar-refractivity contribution is 5.91. The van der Waals surface area contributed by atoms with Crippen LogP contribution in [-0.2, 0) is 4.79 Å². The average Bonchev–Trinajstić information content (AvgIpc) is 3.26. The highest BCUT2D eigenvalue weighted by atomic mass is 16.2. The number of aryl methyl sites for hydroxylation is 1. The molecule has 9 nitrogen and oxygen atoms in total. The molecule has 5 rings (SSSR count). The van der Waals surface area contributed by atoms with E-state index in [-0.39, 0.29) is 22.9 Å². The molecule has 4 aromatic rings. The lowest BCUT2D eigenvalue weighted by molar-refractivity contribution is -0.133. The molecule has 0 spiro atoms. The number of aromatic nitrogens is 5. The van der Waals surface area contributed by atoms with Gasteiger partial charge in [-0.15, -0.1) is 0 Å². The molecule has 33 heavy (non-hydrogen) atoms. The van der Waals surface area contributed by atoms with E-state index in [0.717, 1.165) is 24.2 Å². The van der Waals surface area contributed by atoms with Gasteiger partial charge in [-0.1, -0.05) is 18.2 Å². The van der Waals surface area contributed by atoms with Gasteiger partial charge in [-0.3, -0.25) is 19.5 Å². The number of nitrogens with zero attached hydrogens (tertiary/aromatic N) is 4. The molecule has 1 aliphatic heterocycles. The highest BCUT2D eigenvalue weighted by Gasteiger charge is 2.31. The van der Waals surface area contributed by atoms with Crippen LogP contribution in [0.25, 0.3) is 16.4 Å². The highest BCUT2D eigenvalue weighted by Crippen LogP contribution is 2.29. The monoisotopic (exact) mass is 446 g/mol. The molecule has 1 amide bonds. The van der Waals surface area contributed by atoms with Crippen molar-refractivity contribution in [2.75, 3.05) is 13.1 Å². The maximum Gasteiger partial charge on any atom is 0.275 e. The SMILES string of the molecule is Cc1nc2cc(C3CCCN(C(=O)C(C)c4n[nH]c(=O)c5ccccc45)C3)[nH]n2c(=O)c1C. The quantitative estimate of drug-likeness (QED) is 0.501. The van der Waals surface area contributed by atoms with Gasteiger partial charge in [0.15, 0.2) is 5.65 Å². The van der Waals surface area contributed by atoms with Crippen LogP contribution in [0.4, 0.5) is 0 Å². The molecule has 1 aliphatic rings. The number of hydrogen-bond acceptors (Lipinski definition) is 5. The van der Waals surface area contributed by atoms with Gasteiger partial charge in [0.1, 0.15) is 0 Å². The molecule has 2 atom stereocenters. The van der Waals surface area contributed by atoms with Crippen LogP contribution in [0.2, 0.25) is 0 Å². The Kier molecular flexibility index (Phi) is 5.11. The van der Waals surface area contributed by atoms with Crippen LogP contribution < -0.4 is 11.1 Å². The maximum atomic E-state index is 13.4. The molecule has 170 valence electrons. The van der Waals surface area contributed by atoms with Gasteiger partial charge in [0, 0.05) is 47.4 Å². The van der Waals surface area contributed by atoms with Gasteiger partial charge in [0.05, 0.1) is 17.0 Å². The van der Waals surface area contributed by atoms with E-state index in [4.69, 9.17) is 0 Å². The minimum absolute atomic E-state index is 0.0255. The maximum absolute atomic E-state index is 13.4. The Morgan fingerprint density at radius 2 is 1.94 bits per heavy atom. The minimum atomic E-state index is -0.497. The summed E-state index contributed by atoms with van der Waals surface area (Å²) in [5.41, 5.74) is 3.05. The molecule has 1 saturated heterocycles. The first-order valence-electron chi connectivity index (χ1n) is 11.2. The smallest absolute Gasteiger partial charge is 0.275 e. The Morgan fingerprint density at radius 3 is 2.73 bits per heavy atom. The number of carbonyl (C=O) groups excluding carboxylic acids is 1. The molecule has 2 unspecified atom stereocenters. The first kappa shape index (κ1) is 21.1. The second-order valence-corrected chi connectivity index (χ2v) is 8.86. The standard InChI is InChI=1S/C24H26N6O3/c1-13-15(3)25-20-11-19(28-30(20)24(13)33)16-7-6-10-29(12-16)23(32)14(2)21-17-8-4-5-9-18(17)22(31)27-26-21/h4-5,8-9,11,14,16,28H,6-7,10,12H2,1-3H3,(H,27,31). The summed E-state index contributed by atoms with van der Waals surface area (Å²) in [6, 6.07) is 9.12. The molecule has 0 radical (unpaired) electrons. The Labute approximate surface area is 189 Å². The lowest BCUT2D eigenvalue weighted by atomic mass is 9.93. The van der Waals surface area contributed by atoms with Crippen LogP contribution in [0, 0.1) is 13.8 Å². The van der Waals surface area contributed by atoms with Crippen molar-refractivity contribution < 1.29 is 4.79 Å². The number of fused-ring (bicyclic) bond motifs is 2. The van der Waals surface area contributed by atoms with Crippen molar-refractivity contribution >= 4 is 22.3 Å². The third-order valence-electron chi connectivity index (χ3n) is 6.78. The van der Waals surface area contributed by atoms with Crippen molar-refractivity contribution in [3.8, 4) is 0 Å². The largest absolute Gasteiger partial charge is 0.341 e. The number of H-pyrrole nitrogens is 2. The number of hydrogen-bond donors (Lipinski definition) is 2. The Bertz CT molecular complexity index is 1500. The Hall–Kier alpha value is -3.75. The zero-order valence-corrected chi connectivity index (χ0v) is 18.9. The second kappa shape index (κ2) is 7.99. The minimum Gasteiger partial charge on any atom is -0.341 e. The summed E-state index contributed by atoms with van der Waals surface area (Å²) in [5.74, 6) is -0.442. The van der Waals surface area contributed by atoms with Gasteiger partial charge < -0.3 is 4.90 Å². The molecule has 0 aliphatic carbocycles. The van der Waals surface area contributed by atoms with Crippen LogP contribution in [-0.4, -0.2) is 48.7 Å². The van der Waals surface area contributed by atoms with E-state index in [9.17, 15) is 14.4 Å². The van der Waals surface area contributed by atoms with E-state index in [1.807, 2.05) is 36.9 Å². The number of nitrogens with one attached hydrogen (secondary N) is 2. The lowest BCUT2D eigenvalue weighted by Crippen LogP contribution is -2.41. The number of benzene rings is 1. The van der Waals surface area contributed by atoms with Crippen molar-refractivity contribution in [2.24, 2.45) is 0 Å². The van der Waals surface area contributed by atoms with Crippen LogP contribution in [0.1, 0.15) is 54.2 Å². The van der Waals surface area contributed by atoms with Crippen LogP contribution in [0.15, 0.2) is 39.9 Å². The van der Waals surface area contributed by atoms with Gasteiger partial charge >= 0.3 is 0 Å². The van der Waals surface area contributed by atoms with Crippen LogP contribution in [0.5, 0.6) is 0 Å². The van der Waals surface area contributed by atoms with E-state index >= 15 is 0 Å². The molecule has 1 fully saturated rings. The van der Waals surface area contributed by atoms with E-state index in [0.29, 0.717) is 40.8 Å². The zero-order valence-electron chi connectivity index (χ0n) is 18.9. The fourth-order valence-electron chi connectivity index (χ4n) is 4.73. The first-order valence-corrected chi connectivity index (χ1v) is 11.2. The molecule has 9 heteroatoms. The Morgan fingerprint density at radius 1 is 1.18 bits per heavy atom. The predicted octanol–water partition coefficient (Wildman–Crippen LogP) is 2.39. The number of amides is 1. The molecule has 0 saturated carbocycles. The number of piperidine rings is 1. The summed E-state index contributed by atoms with van der Waals surface area (Å²) in [4.78, 5) is 44.5. The first-order chi connectivity index (χ1) is 15.8. The summed E-state index contributed by atoms with van der Waals surface area (Å²) in [5, 5.41) is 11.2. The third kappa shape index (κ3) is 3.53. The van der Waals surface area contributed by atoms with E-state index in [1.165, 1.54) is 4.52 Å². The summed E-state index contributed by atoms with van der Waals surface area (Å²) in [7, 11) is 0. The van der Waals surface area contributed by atoms with E-state index in [2.05, 4.69) is 20.3 Å². The number of rotatable bonds is 3. The fourth-order valence-corrected chi connectivity index (χ4v) is 4.73. The molecule has 1 aromatic carbocycles. The number of likely N-dealkylation sites (tertiary alicyclic amines) is 1. The summed E-state index contributed by atoms with van der Waals surface area (Å²) in [6.07, 6.45) is 1.77. The second-order valence-electron chi connectivity index (χ2n) is 8.86. The molecule has 2 N–H and O–H groups in total.